The Balaban J connectivity index is 2.79. The first-order valence-corrected chi connectivity index (χ1v) is 3.00. The molecule has 0 bridgehead atoms. The number of carboxylic acids is 1. The molecule has 2 atom stereocenters. The van der Waals surface area contributed by atoms with Gasteiger partial charge in [-0.3, -0.25) is 10.1 Å². The molecule has 6 nitrogen and oxygen atoms in total. The minimum Gasteiger partial charge on any atom is -0.480 e. The number of carbonyl (C=O) groups excluding carboxylic acids is 2. The van der Waals surface area contributed by atoms with E-state index in [0.717, 1.165) is 0 Å². The highest BCUT2D eigenvalue weighted by Gasteiger charge is 2.40. The van der Waals surface area contributed by atoms with E-state index in [9.17, 15) is 18.8 Å². The number of amides is 3. The van der Waals surface area contributed by atoms with E-state index in [-0.39, 0.29) is 0 Å². The fourth-order valence-corrected chi connectivity index (χ4v) is 0.770. The molecular weight excluding hydrogens is 171 g/mol. The summed E-state index contributed by atoms with van der Waals surface area (Å²) in [6.45, 7) is 0. The second-order valence-corrected chi connectivity index (χ2v) is 2.18. The zero-order valence-corrected chi connectivity index (χ0v) is 5.70. The molecule has 3 amide bonds. The highest BCUT2D eigenvalue weighted by atomic mass is 19.1. The van der Waals surface area contributed by atoms with E-state index in [0.29, 0.717) is 0 Å². The Morgan fingerprint density at radius 1 is 1.50 bits per heavy atom. The van der Waals surface area contributed by atoms with Gasteiger partial charge in [0.25, 0.3) is 5.91 Å². The van der Waals surface area contributed by atoms with Crippen molar-refractivity contribution in [1.82, 2.24) is 10.6 Å². The van der Waals surface area contributed by atoms with Crippen LogP contribution in [0.5, 0.6) is 0 Å². The standard InChI is InChI=1S/C5H5FN2O4/c6-1-2(4(10)11)7-5(12)8-3(1)9/h1-2H,(H,10,11)(H2,7,8,9,12). The number of imide groups is 1. The van der Waals surface area contributed by atoms with Crippen molar-refractivity contribution in [3.63, 3.8) is 0 Å². The number of halogens is 1. The first-order valence-electron chi connectivity index (χ1n) is 3.00. The molecule has 1 aliphatic rings. The normalized spacial score (nSPS) is 29.1. The largest absolute Gasteiger partial charge is 0.480 e. The van der Waals surface area contributed by atoms with Gasteiger partial charge < -0.3 is 10.4 Å². The number of hydrogen-bond donors (Lipinski definition) is 3. The summed E-state index contributed by atoms with van der Waals surface area (Å²) in [5.74, 6) is -2.81. The molecule has 2 unspecified atom stereocenters. The Morgan fingerprint density at radius 2 is 2.08 bits per heavy atom. The minimum absolute atomic E-state index is 0.999. The number of carboxylic acid groups (broad SMARTS) is 1. The Morgan fingerprint density at radius 3 is 2.58 bits per heavy atom. The number of aliphatic carboxylic acids is 1. The van der Waals surface area contributed by atoms with Crippen LogP contribution < -0.4 is 10.6 Å². The summed E-state index contributed by atoms with van der Waals surface area (Å²) in [6, 6.07) is -2.78. The number of carbonyl (C=O) groups is 3. The maximum Gasteiger partial charge on any atom is 0.329 e. The Bertz CT molecular complexity index is 254. The lowest BCUT2D eigenvalue weighted by molar-refractivity contribution is -0.145. The molecule has 0 aromatic rings. The van der Waals surface area contributed by atoms with E-state index in [2.05, 4.69) is 0 Å². The number of rotatable bonds is 1. The van der Waals surface area contributed by atoms with Gasteiger partial charge in [0.2, 0.25) is 6.17 Å². The van der Waals surface area contributed by atoms with Gasteiger partial charge in [-0.05, 0) is 0 Å². The Labute approximate surface area is 65.7 Å². The van der Waals surface area contributed by atoms with E-state index in [4.69, 9.17) is 5.11 Å². The van der Waals surface area contributed by atoms with E-state index in [1.54, 1.807) is 10.6 Å². The molecule has 0 aromatic heterocycles. The molecule has 1 aliphatic heterocycles. The van der Waals surface area contributed by atoms with Crippen LogP contribution in [0.4, 0.5) is 9.18 Å². The van der Waals surface area contributed by atoms with Gasteiger partial charge in [0.05, 0.1) is 0 Å². The van der Waals surface area contributed by atoms with Crippen LogP contribution >= 0.6 is 0 Å². The van der Waals surface area contributed by atoms with Crippen molar-refractivity contribution in [2.24, 2.45) is 0 Å². The lowest BCUT2D eigenvalue weighted by Gasteiger charge is -2.22. The SMILES string of the molecule is O=C1NC(=O)C(F)C(C(=O)O)N1. The first kappa shape index (κ1) is 8.44. The molecule has 0 spiro atoms. The van der Waals surface area contributed by atoms with Crippen LogP contribution in [0, 0.1) is 0 Å². The van der Waals surface area contributed by atoms with Crippen LogP contribution in [-0.4, -0.2) is 35.2 Å². The fourth-order valence-electron chi connectivity index (χ4n) is 0.770. The Hall–Kier alpha value is -1.66. The second kappa shape index (κ2) is 2.76. The molecule has 66 valence electrons. The predicted molar refractivity (Wildman–Crippen MR) is 33.0 cm³/mol. The lowest BCUT2D eigenvalue weighted by atomic mass is 10.1. The molecule has 0 aromatic carbocycles. The molecule has 0 saturated carbocycles. The average Bonchev–Trinajstić information content (AvgIpc) is 1.96. The summed E-state index contributed by atoms with van der Waals surface area (Å²) < 4.78 is 12.7. The first-order chi connectivity index (χ1) is 5.52. The van der Waals surface area contributed by atoms with Crippen molar-refractivity contribution in [3.8, 4) is 0 Å². The van der Waals surface area contributed by atoms with Crippen LogP contribution in [0.25, 0.3) is 0 Å². The van der Waals surface area contributed by atoms with Gasteiger partial charge in [0, 0.05) is 0 Å². The maximum absolute atomic E-state index is 12.7. The minimum atomic E-state index is -2.24. The van der Waals surface area contributed by atoms with Gasteiger partial charge in [0.15, 0.2) is 6.04 Å². The number of hydrogen-bond acceptors (Lipinski definition) is 3. The molecule has 12 heavy (non-hydrogen) atoms. The van der Waals surface area contributed by atoms with E-state index < -0.39 is 30.1 Å². The third kappa shape index (κ3) is 1.34. The maximum atomic E-state index is 12.7. The van der Waals surface area contributed by atoms with Crippen LogP contribution in [-0.2, 0) is 9.59 Å². The van der Waals surface area contributed by atoms with Gasteiger partial charge in [-0.1, -0.05) is 0 Å². The van der Waals surface area contributed by atoms with Gasteiger partial charge in [0.1, 0.15) is 0 Å². The van der Waals surface area contributed by atoms with E-state index >= 15 is 0 Å². The number of alkyl halides is 1. The lowest BCUT2D eigenvalue weighted by Crippen LogP contribution is -2.62. The smallest absolute Gasteiger partial charge is 0.329 e. The molecule has 3 N–H and O–H groups in total. The topological polar surface area (TPSA) is 95.5 Å². The summed E-state index contributed by atoms with van der Waals surface area (Å²) in [6.07, 6.45) is -2.24. The zero-order valence-electron chi connectivity index (χ0n) is 5.70. The molecule has 0 radical (unpaired) electrons. The average molecular weight is 176 g/mol. The summed E-state index contributed by atoms with van der Waals surface area (Å²) >= 11 is 0. The van der Waals surface area contributed by atoms with Crippen LogP contribution in [0.15, 0.2) is 0 Å². The van der Waals surface area contributed by atoms with E-state index in [1.165, 1.54) is 0 Å². The molecular formula is C5H5FN2O4. The third-order valence-electron chi connectivity index (χ3n) is 1.33. The summed E-state index contributed by atoms with van der Waals surface area (Å²) in [5, 5.41) is 11.6. The number of urea groups is 1. The molecule has 1 saturated heterocycles. The molecule has 7 heteroatoms. The van der Waals surface area contributed by atoms with Crippen molar-refractivity contribution >= 4 is 17.9 Å². The van der Waals surface area contributed by atoms with Crippen LogP contribution in [0.2, 0.25) is 0 Å². The summed E-state index contributed by atoms with van der Waals surface area (Å²) in [4.78, 5) is 31.2. The van der Waals surface area contributed by atoms with Crippen molar-refractivity contribution in [3.05, 3.63) is 0 Å². The third-order valence-corrected chi connectivity index (χ3v) is 1.33. The molecule has 1 rings (SSSR count). The quantitative estimate of drug-likeness (QED) is 0.458. The Kier molecular flexibility index (Phi) is 1.94. The van der Waals surface area contributed by atoms with Gasteiger partial charge in [-0.15, -0.1) is 0 Å². The van der Waals surface area contributed by atoms with Crippen molar-refractivity contribution in [2.75, 3.05) is 0 Å². The summed E-state index contributed by atoms with van der Waals surface area (Å²) in [7, 11) is 0. The van der Waals surface area contributed by atoms with Gasteiger partial charge in [-0.25, -0.2) is 14.0 Å². The van der Waals surface area contributed by atoms with Crippen LogP contribution in [0.1, 0.15) is 0 Å². The fraction of sp³-hybridized carbons (Fsp3) is 0.400. The molecule has 1 fully saturated rings. The second-order valence-electron chi connectivity index (χ2n) is 2.18. The zero-order chi connectivity index (χ0) is 9.30. The van der Waals surface area contributed by atoms with Gasteiger partial charge >= 0.3 is 12.0 Å². The van der Waals surface area contributed by atoms with Crippen molar-refractivity contribution in [2.45, 2.75) is 12.2 Å². The van der Waals surface area contributed by atoms with E-state index in [1.807, 2.05) is 0 Å². The van der Waals surface area contributed by atoms with Crippen molar-refractivity contribution in [1.29, 1.82) is 0 Å². The van der Waals surface area contributed by atoms with Crippen molar-refractivity contribution < 1.29 is 23.9 Å². The molecule has 0 aliphatic carbocycles. The number of nitrogens with one attached hydrogen (secondary N) is 2. The monoisotopic (exact) mass is 176 g/mol. The highest BCUT2D eigenvalue weighted by Crippen LogP contribution is 2.04. The predicted octanol–water partition coefficient (Wildman–Crippen LogP) is -1.38. The van der Waals surface area contributed by atoms with Crippen LogP contribution in [0.3, 0.4) is 0 Å². The summed E-state index contributed by atoms with van der Waals surface area (Å²) in [5.41, 5.74) is 0. The van der Waals surface area contributed by atoms with Gasteiger partial charge in [-0.2, -0.15) is 0 Å². The highest BCUT2D eigenvalue weighted by molar-refractivity contribution is 6.03. The molecule has 1 heterocycles.